The van der Waals surface area contributed by atoms with Gasteiger partial charge in [0.05, 0.1) is 27.3 Å². The fourth-order valence-electron chi connectivity index (χ4n) is 4.28. The fourth-order valence-corrected chi connectivity index (χ4v) is 10.2. The summed E-state index contributed by atoms with van der Waals surface area (Å²) in [5, 5.41) is 27.4. The van der Waals surface area contributed by atoms with Crippen LogP contribution in [0, 0.1) is 0 Å². The van der Waals surface area contributed by atoms with E-state index in [1.807, 2.05) is 60.0 Å². The Hall–Kier alpha value is -1.80. The van der Waals surface area contributed by atoms with E-state index >= 15 is 0 Å². The van der Waals surface area contributed by atoms with Gasteiger partial charge >= 0.3 is 71.5 Å². The van der Waals surface area contributed by atoms with Crippen LogP contribution in [0.25, 0.3) is 10.1 Å². The number of benzene rings is 5. The molecule has 2 amide bonds. The van der Waals surface area contributed by atoms with Crippen molar-refractivity contribution < 1.29 is 33.6 Å². The molecule has 0 aliphatic heterocycles. The molecular weight excluding hydrogens is 1130 g/mol. The first kappa shape index (κ1) is 60.2. The molecule has 10 nitrogen and oxygen atoms in total. The summed E-state index contributed by atoms with van der Waals surface area (Å²) in [6.07, 6.45) is 0. The molecule has 0 fully saturated rings. The molecule has 346 valence electrons. The molecule has 0 unspecified atom stereocenters. The molecule has 64 heavy (non-hydrogen) atoms. The summed E-state index contributed by atoms with van der Waals surface area (Å²) < 4.78 is 6.65. The van der Waals surface area contributed by atoms with Crippen LogP contribution in [0.1, 0.15) is 41.4 Å². The van der Waals surface area contributed by atoms with E-state index in [9.17, 15) is 19.2 Å². The van der Waals surface area contributed by atoms with Crippen LogP contribution in [0.2, 0.25) is 5.02 Å². The number of thiophene rings is 1. The number of hydrogen-bond acceptors (Lipinski definition) is 11. The maximum Gasteiger partial charge on any atom is 0.336 e. The number of halogens is 8. The van der Waals surface area contributed by atoms with E-state index in [-0.39, 0.29) is 22.9 Å². The van der Waals surface area contributed by atoms with Gasteiger partial charge in [-0.25, -0.2) is 13.8 Å². The normalized spacial score (nSPS) is 10.7. The monoisotopic (exact) mass is 1160 g/mol. The largest absolute Gasteiger partial charge is 0.478 e. The maximum atomic E-state index is 11.9. The summed E-state index contributed by atoms with van der Waals surface area (Å²) in [5.41, 5.74) is 6.16. The van der Waals surface area contributed by atoms with E-state index < -0.39 is 24.5 Å². The van der Waals surface area contributed by atoms with Gasteiger partial charge in [-0.2, -0.15) is 0 Å². The van der Waals surface area contributed by atoms with Crippen LogP contribution in [-0.2, 0) is 9.23 Å². The average molecular weight is 1170 g/mol. The van der Waals surface area contributed by atoms with E-state index in [0.717, 1.165) is 20.2 Å². The molecule has 0 spiro atoms. The zero-order chi connectivity index (χ0) is 48.5. The van der Waals surface area contributed by atoms with Gasteiger partial charge in [0.15, 0.2) is 0 Å². The molecule has 0 atom stereocenters. The minimum Gasteiger partial charge on any atom is -0.478 e. The van der Waals surface area contributed by atoms with E-state index in [1.54, 1.807) is 74.0 Å². The van der Waals surface area contributed by atoms with Crippen molar-refractivity contribution in [1.29, 1.82) is 0 Å². The van der Waals surface area contributed by atoms with Gasteiger partial charge in [0.2, 0.25) is 9.23 Å². The standard InChI is InChI=1S/C16H16N2O2S2.C14H10O4S2.C8H5ClS.CH5N.Cl5P.Cl2OS/c1-17-15(19)11-7-3-5-9-13(11)21-22-14-10-6-4-8-12(14)16(20)18-2;15-13(16)9-5-1-3-7-11(9)19-20-12-8-4-2-6-10(12)14(17)18;9-7-5-10-8-4-2-1-3-6(7)8;1-2;1-6(2,3,4)5;1-4(2)3/h3-10H,1-2H3,(H,17,19)(H,18,20);1-8H,(H,15,16)(H,17,18);1-5H;2H2,1H3;;. The molecule has 6 N–H and O–H groups in total. The number of fused-ring (bicyclic) bond motifs is 1. The summed E-state index contributed by atoms with van der Waals surface area (Å²) >= 11 is 32.5. The summed E-state index contributed by atoms with van der Waals surface area (Å²) in [4.78, 5) is 48.8. The zero-order valence-electron chi connectivity index (χ0n) is 33.1. The first-order chi connectivity index (χ1) is 30.1. The molecule has 1 heterocycles. The van der Waals surface area contributed by atoms with Crippen LogP contribution in [0.15, 0.2) is 146 Å². The molecule has 0 saturated heterocycles. The third kappa shape index (κ3) is 24.8. The van der Waals surface area contributed by atoms with Gasteiger partial charge in [0, 0.05) is 70.5 Å². The second-order valence-corrected chi connectivity index (χ2v) is 35.9. The first-order valence-electron chi connectivity index (χ1n) is 17.1. The number of carboxylic acids is 2. The molecule has 0 saturated carbocycles. The van der Waals surface area contributed by atoms with Crippen molar-refractivity contribution in [2.45, 2.75) is 19.6 Å². The minimum absolute atomic E-state index is 0.122. The predicted molar refractivity (Wildman–Crippen MR) is 283 cm³/mol. The Kier molecular flexibility index (Phi) is 29.4. The Morgan fingerprint density at radius 1 is 0.562 bits per heavy atom. The number of carbonyl (C=O) groups is 4. The Morgan fingerprint density at radius 3 is 1.12 bits per heavy atom. The molecule has 25 heteroatoms. The first-order valence-corrected chi connectivity index (χ1v) is 32.2. The summed E-state index contributed by atoms with van der Waals surface area (Å²) in [6, 6.07) is 36.2. The second-order valence-electron chi connectivity index (χ2n) is 11.0. The summed E-state index contributed by atoms with van der Waals surface area (Å²) in [7, 11) is 17.5. The number of aromatic carboxylic acids is 2. The van der Waals surface area contributed by atoms with Crippen molar-refractivity contribution >= 4 is 190 Å². The number of nitrogens with one attached hydrogen (secondary N) is 2. The van der Waals surface area contributed by atoms with E-state index in [0.29, 0.717) is 20.9 Å². The van der Waals surface area contributed by atoms with Crippen LogP contribution >= 0.6 is 147 Å². The van der Waals surface area contributed by atoms with Crippen molar-refractivity contribution in [3.05, 3.63) is 154 Å². The molecule has 0 radical (unpaired) electrons. The Morgan fingerprint density at radius 2 is 0.828 bits per heavy atom. The van der Waals surface area contributed by atoms with Crippen molar-refractivity contribution in [3.63, 3.8) is 0 Å². The molecular formula is C39H36Cl8N3O7PS6. The van der Waals surface area contributed by atoms with Crippen LogP contribution in [-0.4, -0.2) is 59.3 Å². The number of hydrogen-bond donors (Lipinski definition) is 5. The van der Waals surface area contributed by atoms with Gasteiger partial charge in [0.1, 0.15) is 0 Å². The van der Waals surface area contributed by atoms with Crippen molar-refractivity contribution in [1.82, 2.24) is 10.6 Å². The van der Waals surface area contributed by atoms with Crippen molar-refractivity contribution in [3.8, 4) is 0 Å². The van der Waals surface area contributed by atoms with Crippen LogP contribution in [0.3, 0.4) is 0 Å². The minimum atomic E-state index is -3.69. The molecule has 0 bridgehead atoms. The third-order valence-electron chi connectivity index (χ3n) is 6.83. The third-order valence-corrected chi connectivity index (χ3v) is 13.2. The molecule has 0 aliphatic rings. The molecule has 6 rings (SSSR count). The van der Waals surface area contributed by atoms with Crippen LogP contribution in [0.5, 0.6) is 0 Å². The predicted octanol–water partition coefficient (Wildman–Crippen LogP) is 15.6. The van der Waals surface area contributed by atoms with Gasteiger partial charge in [-0.05, 0) is 61.6 Å². The zero-order valence-corrected chi connectivity index (χ0v) is 44.9. The molecule has 1 aromatic heterocycles. The Balaban J connectivity index is 0.000000442. The van der Waals surface area contributed by atoms with Crippen LogP contribution in [0.4, 0.5) is 0 Å². The SMILES string of the molecule is CN.CNC(=O)c1ccccc1SSc1ccccc1C(=O)NC.ClP(Cl)(Cl)(Cl)Cl.Clc1csc2ccccc12.O=C(O)c1ccccc1SSc1ccccc1C(=O)O.O=S(Cl)Cl. The topological polar surface area (TPSA) is 176 Å². The van der Waals surface area contributed by atoms with Gasteiger partial charge in [-0.3, -0.25) is 9.59 Å². The smallest absolute Gasteiger partial charge is 0.336 e. The number of nitrogens with two attached hydrogens (primary N) is 1. The molecule has 0 aliphatic carbocycles. The van der Waals surface area contributed by atoms with Crippen molar-refractivity contribution in [2.75, 3.05) is 21.1 Å². The molecule has 6 aromatic rings. The number of carbonyl (C=O) groups excluding carboxylic acids is 2. The van der Waals surface area contributed by atoms with Gasteiger partial charge < -0.3 is 26.6 Å². The van der Waals surface area contributed by atoms with Crippen LogP contribution < -0.4 is 16.4 Å². The fraction of sp³-hybridized carbons (Fsp3) is 0.0769. The second kappa shape index (κ2) is 31.3. The van der Waals surface area contributed by atoms with E-state index in [4.69, 9.17) is 82.2 Å². The number of carboxylic acid groups (broad SMARTS) is 2. The number of rotatable bonds is 10. The number of amides is 2. The Bertz CT molecular complexity index is 2350. The van der Waals surface area contributed by atoms with E-state index in [2.05, 4.69) is 43.8 Å². The van der Waals surface area contributed by atoms with Crippen molar-refractivity contribution in [2.24, 2.45) is 5.73 Å². The maximum absolute atomic E-state index is 11.9. The van der Waals surface area contributed by atoms with Gasteiger partial charge in [0.25, 0.3) is 11.8 Å². The Labute approximate surface area is 430 Å². The molecule has 5 aromatic carbocycles. The van der Waals surface area contributed by atoms with Gasteiger partial charge in [-0.1, -0.05) is 122 Å². The van der Waals surface area contributed by atoms with Gasteiger partial charge in [-0.15, -0.1) is 11.3 Å². The average Bonchev–Trinajstić information content (AvgIpc) is 3.65. The summed E-state index contributed by atoms with van der Waals surface area (Å²) in [5.74, 6) is -2.24. The quantitative estimate of drug-likeness (QED) is 0.0499. The summed E-state index contributed by atoms with van der Waals surface area (Å²) in [6.45, 7) is 0. The van der Waals surface area contributed by atoms with E-state index in [1.165, 1.54) is 67.1 Å².